The van der Waals surface area contributed by atoms with Crippen LogP contribution < -0.4 is 4.74 Å². The first-order chi connectivity index (χ1) is 11.6. The number of carbonyl (C=O) groups is 1. The van der Waals surface area contributed by atoms with Gasteiger partial charge in [-0.05, 0) is 42.5 Å². The van der Waals surface area contributed by atoms with Crippen LogP contribution in [0.3, 0.4) is 0 Å². The lowest BCUT2D eigenvalue weighted by Gasteiger charge is -2.54. The van der Waals surface area contributed by atoms with E-state index in [-0.39, 0.29) is 23.3 Å². The Labute approximate surface area is 141 Å². The molecule has 1 aliphatic carbocycles. The van der Waals surface area contributed by atoms with Crippen LogP contribution in [0.15, 0.2) is 23.8 Å². The molecule has 2 unspecified atom stereocenters. The number of fused-ring (bicyclic) bond motifs is 1. The van der Waals surface area contributed by atoms with Gasteiger partial charge in [-0.25, -0.2) is 0 Å². The molecule has 2 heterocycles. The highest BCUT2D eigenvalue weighted by atomic mass is 16.5. The number of aromatic hydroxyl groups is 1. The first-order valence-corrected chi connectivity index (χ1v) is 8.53. The van der Waals surface area contributed by atoms with Gasteiger partial charge in [0.05, 0.1) is 18.8 Å². The number of methoxy groups -OCH3 is 2. The molecule has 1 spiro atoms. The van der Waals surface area contributed by atoms with Gasteiger partial charge in [-0.3, -0.25) is 4.79 Å². The standard InChI is InChI=1S/C19H23NO4/c1-23-14-6-5-13-4-3-7-20-18(22)15-9-16(21)17(24-2)8-12(15)10-19(13,20)11-14/h5,8-9,14,21H,3-4,6-7,10-11H2,1-2H3. The number of ether oxygens (including phenoxy) is 2. The molecule has 4 rings (SSSR count). The zero-order valence-corrected chi connectivity index (χ0v) is 14.2. The molecule has 1 aromatic carbocycles. The summed E-state index contributed by atoms with van der Waals surface area (Å²) < 4.78 is 10.9. The zero-order chi connectivity index (χ0) is 16.9. The van der Waals surface area contributed by atoms with Crippen molar-refractivity contribution < 1.29 is 19.4 Å². The lowest BCUT2D eigenvalue weighted by molar-refractivity contribution is 0.00467. The lowest BCUT2D eigenvalue weighted by Crippen LogP contribution is -2.62. The van der Waals surface area contributed by atoms with Gasteiger partial charge in [0.1, 0.15) is 0 Å². The number of phenols is 1. The number of hydrogen-bond donors (Lipinski definition) is 1. The summed E-state index contributed by atoms with van der Waals surface area (Å²) in [6, 6.07) is 3.37. The van der Waals surface area contributed by atoms with Crippen molar-refractivity contribution in [1.29, 1.82) is 0 Å². The maximum atomic E-state index is 13.2. The highest BCUT2D eigenvalue weighted by molar-refractivity contribution is 5.99. The second-order valence-corrected chi connectivity index (χ2v) is 6.98. The van der Waals surface area contributed by atoms with Crippen molar-refractivity contribution in [2.75, 3.05) is 20.8 Å². The third kappa shape index (κ3) is 2.07. The molecule has 1 aromatic rings. The minimum atomic E-state index is -0.275. The number of carbonyl (C=O) groups excluding carboxylic acids is 1. The Balaban J connectivity index is 1.85. The highest BCUT2D eigenvalue weighted by Crippen LogP contribution is 2.48. The van der Waals surface area contributed by atoms with Crippen molar-refractivity contribution in [2.45, 2.75) is 43.7 Å². The van der Waals surface area contributed by atoms with Gasteiger partial charge in [0.25, 0.3) is 5.91 Å². The molecule has 2 aliphatic heterocycles. The quantitative estimate of drug-likeness (QED) is 0.848. The van der Waals surface area contributed by atoms with Gasteiger partial charge in [-0.1, -0.05) is 6.08 Å². The van der Waals surface area contributed by atoms with Crippen LogP contribution in [0.25, 0.3) is 0 Å². The third-order valence-corrected chi connectivity index (χ3v) is 5.83. The fraction of sp³-hybridized carbons (Fsp3) is 0.526. The molecule has 3 aliphatic rings. The molecule has 128 valence electrons. The van der Waals surface area contributed by atoms with E-state index in [1.165, 1.54) is 12.7 Å². The zero-order valence-electron chi connectivity index (χ0n) is 14.2. The number of phenolic OH excluding ortho intramolecular Hbond substituents is 1. The predicted molar refractivity (Wildman–Crippen MR) is 89.5 cm³/mol. The van der Waals surface area contributed by atoms with Crippen LogP contribution in [-0.4, -0.2) is 48.3 Å². The predicted octanol–water partition coefficient (Wildman–Crippen LogP) is 2.67. The molecule has 1 amide bonds. The van der Waals surface area contributed by atoms with Gasteiger partial charge >= 0.3 is 0 Å². The average molecular weight is 329 g/mol. The van der Waals surface area contributed by atoms with Crippen molar-refractivity contribution in [3.05, 3.63) is 34.9 Å². The minimum Gasteiger partial charge on any atom is -0.504 e. The molecular formula is C19H23NO4. The SMILES string of the molecule is COc1cc2c(cc1O)C(=O)N1CCCC3=CCC(OC)CC31C2. The summed E-state index contributed by atoms with van der Waals surface area (Å²) in [7, 11) is 3.27. The normalized spacial score (nSPS) is 28.6. The molecule has 1 N–H and O–H groups in total. The van der Waals surface area contributed by atoms with Crippen molar-refractivity contribution in [3.63, 3.8) is 0 Å². The van der Waals surface area contributed by atoms with Gasteiger partial charge in [0.15, 0.2) is 11.5 Å². The Bertz CT molecular complexity index is 726. The number of amides is 1. The van der Waals surface area contributed by atoms with E-state index in [9.17, 15) is 9.90 Å². The molecule has 0 aromatic heterocycles. The van der Waals surface area contributed by atoms with Crippen molar-refractivity contribution in [1.82, 2.24) is 4.90 Å². The summed E-state index contributed by atoms with van der Waals surface area (Å²) in [5.41, 5.74) is 2.65. The lowest BCUT2D eigenvalue weighted by atomic mass is 9.67. The van der Waals surface area contributed by atoms with E-state index in [1.54, 1.807) is 13.2 Å². The van der Waals surface area contributed by atoms with E-state index in [0.717, 1.165) is 44.2 Å². The van der Waals surface area contributed by atoms with Crippen LogP contribution >= 0.6 is 0 Å². The van der Waals surface area contributed by atoms with Crippen LogP contribution in [0.1, 0.15) is 41.6 Å². The summed E-state index contributed by atoms with van der Waals surface area (Å²) in [5.74, 6) is 0.454. The summed E-state index contributed by atoms with van der Waals surface area (Å²) in [5, 5.41) is 10.1. The van der Waals surface area contributed by atoms with E-state index in [0.29, 0.717) is 11.3 Å². The molecule has 5 nitrogen and oxygen atoms in total. The van der Waals surface area contributed by atoms with Gasteiger partial charge in [-0.15, -0.1) is 0 Å². The van der Waals surface area contributed by atoms with Crippen LogP contribution in [0, 0.1) is 0 Å². The van der Waals surface area contributed by atoms with Crippen LogP contribution in [0.2, 0.25) is 0 Å². The second-order valence-electron chi connectivity index (χ2n) is 6.98. The summed E-state index contributed by atoms with van der Waals surface area (Å²) in [4.78, 5) is 15.2. The van der Waals surface area contributed by atoms with Crippen LogP contribution in [0.4, 0.5) is 0 Å². The number of benzene rings is 1. The minimum absolute atomic E-state index is 0.0107. The van der Waals surface area contributed by atoms with Crippen molar-refractivity contribution in [2.24, 2.45) is 0 Å². The van der Waals surface area contributed by atoms with Gasteiger partial charge in [0.2, 0.25) is 0 Å². The van der Waals surface area contributed by atoms with Crippen molar-refractivity contribution in [3.8, 4) is 11.5 Å². The summed E-state index contributed by atoms with van der Waals surface area (Å²) in [6.07, 6.45) is 6.98. The number of piperidine rings is 1. The van der Waals surface area contributed by atoms with E-state index < -0.39 is 0 Å². The number of rotatable bonds is 2. The largest absolute Gasteiger partial charge is 0.504 e. The maximum Gasteiger partial charge on any atom is 0.255 e. The van der Waals surface area contributed by atoms with Gasteiger partial charge in [0, 0.05) is 32.1 Å². The van der Waals surface area contributed by atoms with E-state index in [4.69, 9.17) is 9.47 Å². The summed E-state index contributed by atoms with van der Waals surface area (Å²) in [6.45, 7) is 0.763. The smallest absolute Gasteiger partial charge is 0.255 e. The number of nitrogens with zero attached hydrogens (tertiary/aromatic N) is 1. The van der Waals surface area contributed by atoms with Gasteiger partial charge < -0.3 is 19.5 Å². The first-order valence-electron chi connectivity index (χ1n) is 8.53. The molecule has 0 saturated carbocycles. The van der Waals surface area contributed by atoms with E-state index in [2.05, 4.69) is 6.08 Å². The summed E-state index contributed by atoms with van der Waals surface area (Å²) >= 11 is 0. The Kier molecular flexibility index (Phi) is 3.57. The Morgan fingerprint density at radius 1 is 1.33 bits per heavy atom. The van der Waals surface area contributed by atoms with E-state index >= 15 is 0 Å². The second kappa shape index (κ2) is 5.52. The topological polar surface area (TPSA) is 59.0 Å². The number of hydrogen-bond acceptors (Lipinski definition) is 4. The van der Waals surface area contributed by atoms with Crippen molar-refractivity contribution >= 4 is 5.91 Å². The van der Waals surface area contributed by atoms with Crippen LogP contribution in [-0.2, 0) is 11.2 Å². The van der Waals surface area contributed by atoms with Crippen LogP contribution in [0.5, 0.6) is 11.5 Å². The molecule has 0 bridgehead atoms. The Hall–Kier alpha value is -2.01. The fourth-order valence-electron chi connectivity index (χ4n) is 4.65. The molecule has 0 radical (unpaired) electrons. The Morgan fingerprint density at radius 3 is 2.92 bits per heavy atom. The Morgan fingerprint density at radius 2 is 2.17 bits per heavy atom. The third-order valence-electron chi connectivity index (χ3n) is 5.83. The van der Waals surface area contributed by atoms with E-state index in [1.807, 2.05) is 11.0 Å². The average Bonchev–Trinajstić information content (AvgIpc) is 2.60. The van der Waals surface area contributed by atoms with Gasteiger partial charge in [-0.2, -0.15) is 0 Å². The first kappa shape index (κ1) is 15.5. The molecule has 5 heteroatoms. The molecule has 2 atom stereocenters. The highest BCUT2D eigenvalue weighted by Gasteiger charge is 2.51. The molecule has 24 heavy (non-hydrogen) atoms. The monoisotopic (exact) mass is 329 g/mol. The molecule has 1 saturated heterocycles. The molecular weight excluding hydrogens is 306 g/mol. The maximum absolute atomic E-state index is 13.2. The molecule has 1 fully saturated rings. The fourth-order valence-corrected chi connectivity index (χ4v) is 4.65.